The third-order valence-electron chi connectivity index (χ3n) is 3.79. The number of nitrogens with zero attached hydrogens (tertiary/aromatic N) is 1. The van der Waals surface area contributed by atoms with Crippen LogP contribution in [0.4, 0.5) is 0 Å². The van der Waals surface area contributed by atoms with Gasteiger partial charge in [0.25, 0.3) is 10.0 Å². The molecule has 2 aromatic rings. The number of rotatable bonds is 8. The number of carbonyl (C=O) groups excluding carboxylic acids is 1. The predicted octanol–water partition coefficient (Wildman–Crippen LogP) is 3.68. The van der Waals surface area contributed by atoms with Crippen molar-refractivity contribution in [2.75, 3.05) is 13.6 Å². The lowest BCUT2D eigenvalue weighted by Gasteiger charge is -2.17. The molecule has 0 bridgehead atoms. The summed E-state index contributed by atoms with van der Waals surface area (Å²) < 4.78 is 26.2. The smallest absolute Gasteiger partial charge is 0.252 e. The molecule has 1 aromatic heterocycles. The third kappa shape index (κ3) is 5.28. The quantitative estimate of drug-likeness (QED) is 0.734. The second kappa shape index (κ2) is 8.80. The van der Waals surface area contributed by atoms with Gasteiger partial charge in [0, 0.05) is 25.0 Å². The number of nitrogens with one attached hydrogen (secondary N) is 1. The minimum absolute atomic E-state index is 0.130. The van der Waals surface area contributed by atoms with Gasteiger partial charge >= 0.3 is 0 Å². The van der Waals surface area contributed by atoms with Gasteiger partial charge in [0.05, 0.1) is 6.04 Å². The molecule has 0 aliphatic carbocycles. The Kier molecular flexibility index (Phi) is 7.01. The van der Waals surface area contributed by atoms with Gasteiger partial charge in [0.15, 0.2) is 0 Å². The molecule has 136 valence electrons. The first kappa shape index (κ1) is 19.9. The molecular weight excluding hydrogens is 380 g/mol. The zero-order valence-electron chi connectivity index (χ0n) is 14.1. The number of carbonyl (C=O) groups is 1. The van der Waals surface area contributed by atoms with E-state index in [9.17, 15) is 13.2 Å². The average molecular weight is 401 g/mol. The molecule has 1 unspecified atom stereocenters. The molecule has 2 rings (SSSR count). The van der Waals surface area contributed by atoms with Gasteiger partial charge in [-0.15, -0.1) is 11.3 Å². The van der Waals surface area contributed by atoms with E-state index < -0.39 is 10.0 Å². The summed E-state index contributed by atoms with van der Waals surface area (Å²) in [5, 5.41) is 5.22. The fourth-order valence-corrected chi connectivity index (χ4v) is 5.07. The topological polar surface area (TPSA) is 66.5 Å². The first-order valence-electron chi connectivity index (χ1n) is 7.86. The van der Waals surface area contributed by atoms with Crippen molar-refractivity contribution in [3.05, 3.63) is 52.4 Å². The Morgan fingerprint density at radius 1 is 1.28 bits per heavy atom. The fraction of sp³-hybridized carbons (Fsp3) is 0.353. The van der Waals surface area contributed by atoms with E-state index in [1.807, 2.05) is 25.1 Å². The lowest BCUT2D eigenvalue weighted by Crippen LogP contribution is -2.30. The van der Waals surface area contributed by atoms with Crippen molar-refractivity contribution < 1.29 is 13.2 Å². The second-order valence-electron chi connectivity index (χ2n) is 5.67. The van der Waals surface area contributed by atoms with Gasteiger partial charge in [-0.05, 0) is 36.4 Å². The summed E-state index contributed by atoms with van der Waals surface area (Å²) in [6.07, 6.45) is 0.696. The van der Waals surface area contributed by atoms with Crippen LogP contribution in [0.15, 0.2) is 46.0 Å². The number of halogens is 1. The Labute approximate surface area is 157 Å². The molecule has 0 spiro atoms. The van der Waals surface area contributed by atoms with E-state index in [1.165, 1.54) is 22.7 Å². The highest BCUT2D eigenvalue weighted by molar-refractivity contribution is 7.91. The van der Waals surface area contributed by atoms with Crippen molar-refractivity contribution in [2.24, 2.45) is 0 Å². The number of sulfonamides is 1. The molecule has 0 saturated carbocycles. The van der Waals surface area contributed by atoms with Crippen molar-refractivity contribution in [1.82, 2.24) is 9.62 Å². The highest BCUT2D eigenvalue weighted by Crippen LogP contribution is 2.22. The molecule has 25 heavy (non-hydrogen) atoms. The average Bonchev–Trinajstić information content (AvgIpc) is 3.10. The van der Waals surface area contributed by atoms with Crippen LogP contribution in [0.5, 0.6) is 0 Å². The molecule has 0 saturated heterocycles. The van der Waals surface area contributed by atoms with E-state index in [1.54, 1.807) is 23.6 Å². The van der Waals surface area contributed by atoms with Gasteiger partial charge in [-0.25, -0.2) is 12.7 Å². The number of thiophene rings is 1. The SMILES string of the molecule is CC(NC(=O)CCCN(C)S(=O)(=O)c1cccs1)c1ccccc1Cl. The summed E-state index contributed by atoms with van der Waals surface area (Å²) in [6, 6.07) is 10.4. The van der Waals surface area contributed by atoms with E-state index in [4.69, 9.17) is 11.6 Å². The van der Waals surface area contributed by atoms with Gasteiger partial charge in [-0.3, -0.25) is 4.79 Å². The largest absolute Gasteiger partial charge is 0.350 e. The molecule has 1 amide bonds. The minimum Gasteiger partial charge on any atom is -0.350 e. The van der Waals surface area contributed by atoms with E-state index >= 15 is 0 Å². The van der Waals surface area contributed by atoms with Crippen molar-refractivity contribution in [3.63, 3.8) is 0 Å². The zero-order valence-corrected chi connectivity index (χ0v) is 16.5. The second-order valence-corrected chi connectivity index (χ2v) is 9.30. The molecule has 1 atom stereocenters. The molecule has 0 radical (unpaired) electrons. The molecule has 1 N–H and O–H groups in total. The number of benzene rings is 1. The van der Waals surface area contributed by atoms with Crippen LogP contribution in [-0.2, 0) is 14.8 Å². The van der Waals surface area contributed by atoms with Gasteiger partial charge < -0.3 is 5.32 Å². The molecule has 0 aliphatic heterocycles. The van der Waals surface area contributed by atoms with Crippen molar-refractivity contribution in [1.29, 1.82) is 0 Å². The van der Waals surface area contributed by atoms with Gasteiger partial charge in [-0.2, -0.15) is 0 Å². The summed E-state index contributed by atoms with van der Waals surface area (Å²) in [5.74, 6) is -0.130. The fourth-order valence-electron chi connectivity index (χ4n) is 2.36. The molecule has 8 heteroatoms. The molecule has 0 fully saturated rings. The third-order valence-corrected chi connectivity index (χ3v) is 7.36. The van der Waals surface area contributed by atoms with E-state index in [-0.39, 0.29) is 24.9 Å². The molecular formula is C17H21ClN2O3S2. The Balaban J connectivity index is 1.81. The summed E-state index contributed by atoms with van der Waals surface area (Å²) in [6.45, 7) is 2.15. The van der Waals surface area contributed by atoms with Crippen LogP contribution in [0.2, 0.25) is 5.02 Å². The standard InChI is InChI=1S/C17H21ClN2O3S2/c1-13(14-7-3-4-8-15(14)18)19-16(21)9-5-11-20(2)25(22,23)17-10-6-12-24-17/h3-4,6-8,10,12-13H,5,9,11H2,1-2H3,(H,19,21). The van der Waals surface area contributed by atoms with Crippen LogP contribution >= 0.6 is 22.9 Å². The van der Waals surface area contributed by atoms with Crippen molar-refractivity contribution >= 4 is 38.9 Å². The normalized spacial score (nSPS) is 13.0. The number of hydrogen-bond acceptors (Lipinski definition) is 4. The monoisotopic (exact) mass is 400 g/mol. The Bertz CT molecular complexity index is 807. The van der Waals surface area contributed by atoms with Crippen LogP contribution in [0, 0.1) is 0 Å². The molecule has 1 aromatic carbocycles. The minimum atomic E-state index is -3.46. The number of amides is 1. The maximum Gasteiger partial charge on any atom is 0.252 e. The first-order valence-corrected chi connectivity index (χ1v) is 10.6. The van der Waals surface area contributed by atoms with E-state index in [0.717, 1.165) is 5.56 Å². The highest BCUT2D eigenvalue weighted by Gasteiger charge is 2.21. The summed E-state index contributed by atoms with van der Waals surface area (Å²) >= 11 is 7.31. The molecule has 1 heterocycles. The lowest BCUT2D eigenvalue weighted by molar-refractivity contribution is -0.121. The van der Waals surface area contributed by atoms with Crippen LogP contribution in [0.1, 0.15) is 31.4 Å². The zero-order chi connectivity index (χ0) is 18.4. The van der Waals surface area contributed by atoms with E-state index in [0.29, 0.717) is 15.7 Å². The summed E-state index contributed by atoms with van der Waals surface area (Å²) in [7, 11) is -1.94. The number of hydrogen-bond donors (Lipinski definition) is 1. The van der Waals surface area contributed by atoms with Gasteiger partial charge in [0.1, 0.15) is 4.21 Å². The maximum atomic E-state index is 12.3. The summed E-state index contributed by atoms with van der Waals surface area (Å²) in [5.41, 5.74) is 0.856. The van der Waals surface area contributed by atoms with Gasteiger partial charge in [-0.1, -0.05) is 35.9 Å². The van der Waals surface area contributed by atoms with Crippen LogP contribution in [-0.4, -0.2) is 32.2 Å². The first-order chi connectivity index (χ1) is 11.8. The summed E-state index contributed by atoms with van der Waals surface area (Å²) in [4.78, 5) is 12.1. The Morgan fingerprint density at radius 3 is 2.64 bits per heavy atom. The molecule has 5 nitrogen and oxygen atoms in total. The maximum absolute atomic E-state index is 12.3. The predicted molar refractivity (Wildman–Crippen MR) is 101 cm³/mol. The van der Waals surface area contributed by atoms with Crippen LogP contribution < -0.4 is 5.32 Å². The Hall–Kier alpha value is -1.41. The lowest BCUT2D eigenvalue weighted by atomic mass is 10.1. The van der Waals surface area contributed by atoms with Crippen LogP contribution in [0.3, 0.4) is 0 Å². The van der Waals surface area contributed by atoms with Crippen molar-refractivity contribution in [3.8, 4) is 0 Å². The Morgan fingerprint density at radius 2 is 2.00 bits per heavy atom. The van der Waals surface area contributed by atoms with Crippen molar-refractivity contribution in [2.45, 2.75) is 30.0 Å². The van der Waals surface area contributed by atoms with Gasteiger partial charge in [0.2, 0.25) is 5.91 Å². The van der Waals surface area contributed by atoms with E-state index in [2.05, 4.69) is 5.32 Å². The molecule has 0 aliphatic rings. The highest BCUT2D eigenvalue weighted by atomic mass is 35.5. The van der Waals surface area contributed by atoms with Crippen LogP contribution in [0.25, 0.3) is 0 Å².